The Morgan fingerprint density at radius 3 is 2.17 bits per heavy atom. The van der Waals surface area contributed by atoms with Crippen LogP contribution in [0.4, 0.5) is 0 Å². The van der Waals surface area contributed by atoms with Gasteiger partial charge in [0.2, 0.25) is 17.7 Å². The molecule has 3 amide bonds. The lowest BCUT2D eigenvalue weighted by Crippen LogP contribution is -2.53. The molecule has 2 heterocycles. The smallest absolute Gasteiger partial charge is 0.245 e. The van der Waals surface area contributed by atoms with Crippen molar-refractivity contribution in [2.24, 2.45) is 11.3 Å². The van der Waals surface area contributed by atoms with Crippen LogP contribution in [0.2, 0.25) is 0 Å². The summed E-state index contributed by atoms with van der Waals surface area (Å²) in [6, 6.07) is -0.146. The first-order chi connectivity index (χ1) is 13.7. The maximum absolute atomic E-state index is 13.3. The minimum Gasteiger partial charge on any atom is -0.338 e. The van der Waals surface area contributed by atoms with Crippen molar-refractivity contribution >= 4 is 17.7 Å². The van der Waals surface area contributed by atoms with Crippen molar-refractivity contribution in [3.05, 3.63) is 0 Å². The van der Waals surface area contributed by atoms with Crippen LogP contribution in [0.1, 0.15) is 59.3 Å². The Bertz CT molecular complexity index is 659. The van der Waals surface area contributed by atoms with E-state index in [-0.39, 0.29) is 35.1 Å². The fourth-order valence-electron chi connectivity index (χ4n) is 4.76. The van der Waals surface area contributed by atoms with Crippen molar-refractivity contribution in [1.82, 2.24) is 20.0 Å². The average molecular weight is 405 g/mol. The highest BCUT2D eigenvalue weighted by atomic mass is 16.2. The van der Waals surface area contributed by atoms with Gasteiger partial charge in [-0.2, -0.15) is 0 Å². The summed E-state index contributed by atoms with van der Waals surface area (Å²) in [4.78, 5) is 45.2. The summed E-state index contributed by atoms with van der Waals surface area (Å²) in [6.07, 6.45) is 5.05. The Kier molecular flexibility index (Phi) is 5.62. The van der Waals surface area contributed by atoms with E-state index in [2.05, 4.69) is 26.1 Å². The Balaban J connectivity index is 1.52. The van der Waals surface area contributed by atoms with Gasteiger partial charge in [-0.3, -0.25) is 14.4 Å². The second kappa shape index (κ2) is 7.89. The molecule has 0 aromatic carbocycles. The zero-order valence-electron chi connectivity index (χ0n) is 18.2. The Hall–Kier alpha value is -1.63. The molecule has 2 aliphatic carbocycles. The average Bonchev–Trinajstić information content (AvgIpc) is 3.58. The van der Waals surface area contributed by atoms with Crippen molar-refractivity contribution in [2.45, 2.75) is 77.4 Å². The van der Waals surface area contributed by atoms with Crippen LogP contribution in [-0.4, -0.2) is 83.3 Å². The summed E-state index contributed by atoms with van der Waals surface area (Å²) >= 11 is 0. The number of amides is 3. The third-order valence-corrected chi connectivity index (χ3v) is 6.51. The molecule has 2 saturated carbocycles. The van der Waals surface area contributed by atoms with Gasteiger partial charge in [-0.05, 0) is 37.5 Å². The van der Waals surface area contributed by atoms with Gasteiger partial charge in [0, 0.05) is 51.1 Å². The van der Waals surface area contributed by atoms with Crippen LogP contribution in [0.3, 0.4) is 0 Å². The predicted octanol–water partition coefficient (Wildman–Crippen LogP) is 1.22. The monoisotopic (exact) mass is 404 g/mol. The topological polar surface area (TPSA) is 73.0 Å². The van der Waals surface area contributed by atoms with E-state index in [1.807, 2.05) is 14.7 Å². The number of rotatable bonds is 5. The maximum atomic E-state index is 13.3. The van der Waals surface area contributed by atoms with Crippen molar-refractivity contribution in [1.29, 1.82) is 0 Å². The summed E-state index contributed by atoms with van der Waals surface area (Å²) in [6.45, 7) is 9.78. The van der Waals surface area contributed by atoms with Gasteiger partial charge in [0.05, 0.1) is 6.04 Å². The second-order valence-corrected chi connectivity index (χ2v) is 10.5. The van der Waals surface area contributed by atoms with Gasteiger partial charge in [-0.1, -0.05) is 20.8 Å². The lowest BCUT2D eigenvalue weighted by atomic mass is 9.91. The molecule has 0 radical (unpaired) electrons. The Morgan fingerprint density at radius 2 is 1.62 bits per heavy atom. The van der Waals surface area contributed by atoms with E-state index in [1.165, 1.54) is 0 Å². The molecule has 0 bridgehead atoms. The minimum absolute atomic E-state index is 0.0306. The predicted molar refractivity (Wildman–Crippen MR) is 110 cm³/mol. The lowest BCUT2D eigenvalue weighted by Gasteiger charge is -2.32. The summed E-state index contributed by atoms with van der Waals surface area (Å²) in [5.41, 5.74) is -0.0671. The van der Waals surface area contributed by atoms with Crippen molar-refractivity contribution in [3.63, 3.8) is 0 Å². The zero-order chi connectivity index (χ0) is 20.8. The first kappa shape index (κ1) is 20.6. The van der Waals surface area contributed by atoms with E-state index < -0.39 is 6.04 Å². The Labute approximate surface area is 174 Å². The van der Waals surface area contributed by atoms with E-state index in [0.717, 1.165) is 38.8 Å². The molecule has 4 fully saturated rings. The maximum Gasteiger partial charge on any atom is 0.245 e. The fourth-order valence-corrected chi connectivity index (χ4v) is 4.76. The van der Waals surface area contributed by atoms with Gasteiger partial charge in [-0.25, -0.2) is 0 Å². The summed E-state index contributed by atoms with van der Waals surface area (Å²) in [5, 5.41) is 3.28. The molecule has 1 N–H and O–H groups in total. The molecule has 2 saturated heterocycles. The SMILES string of the molecule is CC(C)(C)CC(=O)N(C1CC1)C1CC(C(=O)N2CCNCC2)N(C(=O)C2CC2)C1. The van der Waals surface area contributed by atoms with Crippen LogP contribution in [0.15, 0.2) is 0 Å². The molecule has 2 aliphatic heterocycles. The zero-order valence-corrected chi connectivity index (χ0v) is 18.2. The first-order valence-electron chi connectivity index (χ1n) is 11.4. The van der Waals surface area contributed by atoms with E-state index in [0.29, 0.717) is 38.5 Å². The van der Waals surface area contributed by atoms with Crippen LogP contribution in [0.5, 0.6) is 0 Å². The van der Waals surface area contributed by atoms with Crippen LogP contribution in [0.25, 0.3) is 0 Å². The number of carbonyl (C=O) groups is 3. The van der Waals surface area contributed by atoms with E-state index >= 15 is 0 Å². The number of nitrogens with one attached hydrogen (secondary N) is 1. The highest BCUT2D eigenvalue weighted by Crippen LogP contribution is 2.38. The Morgan fingerprint density at radius 1 is 0.966 bits per heavy atom. The number of hydrogen-bond donors (Lipinski definition) is 1. The lowest BCUT2D eigenvalue weighted by molar-refractivity contribution is -0.144. The third kappa shape index (κ3) is 4.76. The van der Waals surface area contributed by atoms with Gasteiger partial charge in [0.15, 0.2) is 0 Å². The van der Waals surface area contributed by atoms with Gasteiger partial charge in [0.25, 0.3) is 0 Å². The third-order valence-electron chi connectivity index (χ3n) is 6.51. The minimum atomic E-state index is -0.408. The fraction of sp³-hybridized carbons (Fsp3) is 0.864. The molecule has 0 aromatic rings. The largest absolute Gasteiger partial charge is 0.338 e. The summed E-state index contributed by atoms with van der Waals surface area (Å²) in [7, 11) is 0. The number of nitrogens with zero attached hydrogens (tertiary/aromatic N) is 3. The summed E-state index contributed by atoms with van der Waals surface area (Å²) in [5.74, 6) is 0.466. The van der Waals surface area contributed by atoms with Crippen molar-refractivity contribution in [2.75, 3.05) is 32.7 Å². The van der Waals surface area contributed by atoms with E-state index in [9.17, 15) is 14.4 Å². The molecule has 7 nitrogen and oxygen atoms in total. The first-order valence-corrected chi connectivity index (χ1v) is 11.4. The molecule has 0 spiro atoms. The quantitative estimate of drug-likeness (QED) is 0.748. The molecule has 2 atom stereocenters. The second-order valence-electron chi connectivity index (χ2n) is 10.5. The van der Waals surface area contributed by atoms with E-state index in [4.69, 9.17) is 0 Å². The van der Waals surface area contributed by atoms with Gasteiger partial charge < -0.3 is 20.0 Å². The number of piperazine rings is 1. The highest BCUT2D eigenvalue weighted by Gasteiger charge is 2.49. The van der Waals surface area contributed by atoms with Crippen molar-refractivity contribution in [3.8, 4) is 0 Å². The molecule has 2 unspecified atom stereocenters. The van der Waals surface area contributed by atoms with E-state index in [1.54, 1.807) is 0 Å². The molecule has 7 heteroatoms. The van der Waals surface area contributed by atoms with Crippen LogP contribution in [-0.2, 0) is 14.4 Å². The van der Waals surface area contributed by atoms with Crippen molar-refractivity contribution < 1.29 is 14.4 Å². The van der Waals surface area contributed by atoms with Crippen LogP contribution >= 0.6 is 0 Å². The molecule has 4 aliphatic rings. The van der Waals surface area contributed by atoms with Gasteiger partial charge in [0.1, 0.15) is 6.04 Å². The van der Waals surface area contributed by atoms with Crippen LogP contribution < -0.4 is 5.32 Å². The standard InChI is InChI=1S/C22H36N4O3/c1-22(2,3)13-19(27)26(16-6-7-16)17-12-18(21(29)24-10-8-23-9-11-24)25(14-17)20(28)15-4-5-15/h15-18,23H,4-14H2,1-3H3. The molecule has 0 aromatic heterocycles. The van der Waals surface area contributed by atoms with Gasteiger partial charge in [-0.15, -0.1) is 0 Å². The highest BCUT2D eigenvalue weighted by molar-refractivity contribution is 5.90. The molecule has 4 rings (SSSR count). The molecule has 162 valence electrons. The number of carbonyl (C=O) groups excluding carboxylic acids is 3. The molecular weight excluding hydrogens is 368 g/mol. The molecular formula is C22H36N4O3. The van der Waals surface area contributed by atoms with Gasteiger partial charge >= 0.3 is 0 Å². The molecule has 29 heavy (non-hydrogen) atoms. The number of hydrogen-bond acceptors (Lipinski definition) is 4. The normalized spacial score (nSPS) is 27.8. The summed E-state index contributed by atoms with van der Waals surface area (Å²) < 4.78 is 0. The number of likely N-dealkylation sites (tertiary alicyclic amines) is 1. The van der Waals surface area contributed by atoms with Crippen LogP contribution in [0, 0.1) is 11.3 Å².